The molecule has 1 aromatic carbocycles. The Morgan fingerprint density at radius 1 is 1.00 bits per heavy atom. The van der Waals surface area contributed by atoms with Crippen molar-refractivity contribution in [2.24, 2.45) is 0 Å². The normalized spacial score (nSPS) is 15.3. The van der Waals surface area contributed by atoms with E-state index in [1.54, 1.807) is 0 Å². The van der Waals surface area contributed by atoms with Crippen molar-refractivity contribution in [2.45, 2.75) is 92.2 Å². The van der Waals surface area contributed by atoms with Crippen LogP contribution in [0.15, 0.2) is 30.3 Å². The second kappa shape index (κ2) is 10.8. The van der Waals surface area contributed by atoms with Crippen LogP contribution in [0.3, 0.4) is 0 Å². The predicted molar refractivity (Wildman–Crippen MR) is 151 cm³/mol. The van der Waals surface area contributed by atoms with Gasteiger partial charge in [0.05, 0.1) is 12.2 Å². The monoisotopic (exact) mass is 488 g/mol. The van der Waals surface area contributed by atoms with E-state index >= 15 is 0 Å². The molecule has 2 aromatic heterocycles. The van der Waals surface area contributed by atoms with Gasteiger partial charge in [0.2, 0.25) is 5.91 Å². The molecule has 4 rings (SSSR count). The Morgan fingerprint density at radius 3 is 2.17 bits per heavy atom. The first kappa shape index (κ1) is 26.4. The summed E-state index contributed by atoms with van der Waals surface area (Å²) in [5.41, 5.74) is 8.49. The van der Waals surface area contributed by atoms with Gasteiger partial charge in [-0.1, -0.05) is 19.9 Å². The molecule has 5 nitrogen and oxygen atoms in total. The van der Waals surface area contributed by atoms with Crippen molar-refractivity contribution in [3.8, 4) is 11.3 Å². The quantitative estimate of drug-likeness (QED) is 0.398. The molecule has 0 radical (unpaired) electrons. The summed E-state index contributed by atoms with van der Waals surface area (Å²) >= 11 is 0. The molecule has 1 aliphatic rings. The van der Waals surface area contributed by atoms with Crippen LogP contribution in [-0.2, 0) is 4.79 Å². The van der Waals surface area contributed by atoms with Gasteiger partial charge >= 0.3 is 0 Å². The largest absolute Gasteiger partial charge is 0.354 e. The van der Waals surface area contributed by atoms with E-state index in [4.69, 9.17) is 0 Å². The summed E-state index contributed by atoms with van der Waals surface area (Å²) in [4.78, 5) is 25.7. The van der Waals surface area contributed by atoms with Crippen LogP contribution >= 0.6 is 0 Å². The van der Waals surface area contributed by atoms with Gasteiger partial charge in [0.15, 0.2) is 0 Å². The number of nitrogens with one attached hydrogen (secondary N) is 1. The third-order valence-corrected chi connectivity index (χ3v) is 7.77. The number of fused-ring (bicyclic) bond motifs is 1. The van der Waals surface area contributed by atoms with Gasteiger partial charge < -0.3 is 9.88 Å². The van der Waals surface area contributed by atoms with Gasteiger partial charge in [0.25, 0.3) is 0 Å². The van der Waals surface area contributed by atoms with Crippen LogP contribution in [-0.4, -0.2) is 57.4 Å². The first-order valence-electron chi connectivity index (χ1n) is 13.7. The van der Waals surface area contributed by atoms with E-state index in [0.717, 1.165) is 37.3 Å². The highest BCUT2D eigenvalue weighted by atomic mass is 16.2. The molecule has 194 valence electrons. The van der Waals surface area contributed by atoms with Gasteiger partial charge in [-0.25, -0.2) is 0 Å². The Kier molecular flexibility index (Phi) is 7.89. The molecule has 1 amide bonds. The minimum atomic E-state index is 0.270. The number of nitrogens with zero attached hydrogens (tertiary/aromatic N) is 3. The maximum absolute atomic E-state index is 13.0. The van der Waals surface area contributed by atoms with Gasteiger partial charge in [-0.2, -0.15) is 0 Å². The van der Waals surface area contributed by atoms with E-state index < -0.39 is 0 Å². The molecule has 0 atom stereocenters. The molecule has 1 aliphatic heterocycles. The number of hydrogen-bond acceptors (Lipinski definition) is 3. The van der Waals surface area contributed by atoms with E-state index in [9.17, 15) is 4.79 Å². The van der Waals surface area contributed by atoms with Crippen molar-refractivity contribution in [1.29, 1.82) is 0 Å². The number of aromatic nitrogens is 2. The number of amides is 1. The van der Waals surface area contributed by atoms with Crippen molar-refractivity contribution >= 4 is 16.8 Å². The first-order chi connectivity index (χ1) is 17.0. The van der Waals surface area contributed by atoms with E-state index in [1.807, 2.05) is 0 Å². The smallest absolute Gasteiger partial charge is 0.236 e. The predicted octanol–water partition coefficient (Wildman–Crippen LogP) is 6.79. The van der Waals surface area contributed by atoms with Crippen LogP contribution < -0.4 is 0 Å². The van der Waals surface area contributed by atoms with E-state index in [0.29, 0.717) is 30.5 Å². The lowest BCUT2D eigenvalue weighted by Gasteiger charge is -2.36. The minimum Gasteiger partial charge on any atom is -0.354 e. The lowest BCUT2D eigenvalue weighted by atomic mass is 9.87. The molecule has 3 heterocycles. The van der Waals surface area contributed by atoms with Crippen molar-refractivity contribution in [3.63, 3.8) is 0 Å². The molecule has 1 saturated heterocycles. The second-order valence-electron chi connectivity index (χ2n) is 11.5. The summed E-state index contributed by atoms with van der Waals surface area (Å²) in [7, 11) is 0. The number of carbonyl (C=O) groups is 1. The molecular formula is C31H44N4O. The summed E-state index contributed by atoms with van der Waals surface area (Å²) in [6.07, 6.45) is 2.05. The molecule has 0 aliphatic carbocycles. The second-order valence-corrected chi connectivity index (χ2v) is 11.5. The fourth-order valence-corrected chi connectivity index (χ4v) is 5.97. The number of likely N-dealkylation sites (tertiary alicyclic amines) is 1. The number of H-pyrrole nitrogens is 1. The molecule has 0 bridgehead atoms. The summed E-state index contributed by atoms with van der Waals surface area (Å²) in [5.74, 6) is 1.17. The molecule has 0 spiro atoms. The zero-order valence-corrected chi connectivity index (χ0v) is 23.5. The zero-order chi connectivity index (χ0) is 26.1. The molecule has 3 aromatic rings. The number of aromatic amines is 1. The fourth-order valence-electron chi connectivity index (χ4n) is 5.97. The number of benzene rings is 1. The molecule has 0 unspecified atom stereocenters. The molecule has 1 fully saturated rings. The van der Waals surface area contributed by atoms with E-state index in [-0.39, 0.29) is 5.91 Å². The van der Waals surface area contributed by atoms with Crippen LogP contribution in [0.25, 0.3) is 22.2 Å². The summed E-state index contributed by atoms with van der Waals surface area (Å²) in [5, 5.41) is 1.33. The molecule has 0 saturated carbocycles. The van der Waals surface area contributed by atoms with Gasteiger partial charge in [-0.3, -0.25) is 14.7 Å². The molecule has 36 heavy (non-hydrogen) atoms. The number of rotatable bonds is 7. The SMILES string of the molecule is Cc1cc(-c2[nH]c3ccc(C4CCN(C(=O)CN(C(C)C)C(C)C)CC4)cc3c2C(C)C)cc(C)n1. The van der Waals surface area contributed by atoms with Gasteiger partial charge in [0, 0.05) is 53.0 Å². The molecular weight excluding hydrogens is 444 g/mol. The van der Waals surface area contributed by atoms with E-state index in [1.165, 1.54) is 33.3 Å². The third kappa shape index (κ3) is 5.51. The number of carbonyl (C=O) groups excluding carboxylic acids is 1. The number of pyridine rings is 1. The standard InChI is InChI=1S/C31H44N4O/c1-19(2)30-27-17-25(9-10-28(27)33-31(30)26-15-22(7)32-23(8)16-26)24-11-13-34(14-12-24)29(36)18-35(20(3)4)21(5)6/h9-10,15-17,19-21,24,33H,11-14,18H2,1-8H3. The van der Waals surface area contributed by atoms with Crippen LogP contribution in [0.2, 0.25) is 0 Å². The van der Waals surface area contributed by atoms with Crippen molar-refractivity contribution in [1.82, 2.24) is 19.8 Å². The van der Waals surface area contributed by atoms with Crippen LogP contribution in [0.5, 0.6) is 0 Å². The van der Waals surface area contributed by atoms with Crippen molar-refractivity contribution < 1.29 is 4.79 Å². The van der Waals surface area contributed by atoms with Crippen LogP contribution in [0, 0.1) is 13.8 Å². The maximum Gasteiger partial charge on any atom is 0.236 e. The van der Waals surface area contributed by atoms with Gasteiger partial charge in [-0.05, 0) is 102 Å². The fraction of sp³-hybridized carbons (Fsp3) is 0.548. The number of piperidine rings is 1. The topological polar surface area (TPSA) is 52.2 Å². The highest BCUT2D eigenvalue weighted by Gasteiger charge is 2.27. The summed E-state index contributed by atoms with van der Waals surface area (Å²) < 4.78 is 0. The van der Waals surface area contributed by atoms with Crippen LogP contribution in [0.4, 0.5) is 0 Å². The molecule has 1 N–H and O–H groups in total. The highest BCUT2D eigenvalue weighted by Crippen LogP contribution is 2.38. The Labute approximate surface area is 217 Å². The number of hydrogen-bond donors (Lipinski definition) is 1. The lowest BCUT2D eigenvalue weighted by molar-refractivity contribution is -0.134. The average molecular weight is 489 g/mol. The minimum absolute atomic E-state index is 0.270. The highest BCUT2D eigenvalue weighted by molar-refractivity contribution is 5.92. The molecule has 5 heteroatoms. The average Bonchev–Trinajstić information content (AvgIpc) is 3.20. The van der Waals surface area contributed by atoms with Gasteiger partial charge in [0.1, 0.15) is 0 Å². The van der Waals surface area contributed by atoms with Crippen molar-refractivity contribution in [3.05, 3.63) is 52.8 Å². The Morgan fingerprint density at radius 2 is 1.61 bits per heavy atom. The summed E-state index contributed by atoms with van der Waals surface area (Å²) in [6, 6.07) is 12.1. The maximum atomic E-state index is 13.0. The zero-order valence-electron chi connectivity index (χ0n) is 23.5. The Hall–Kier alpha value is -2.66. The first-order valence-corrected chi connectivity index (χ1v) is 13.7. The third-order valence-electron chi connectivity index (χ3n) is 7.77. The Bertz CT molecular complexity index is 1190. The number of aryl methyl sites for hydroxylation is 2. The van der Waals surface area contributed by atoms with Crippen LogP contribution in [0.1, 0.15) is 88.7 Å². The van der Waals surface area contributed by atoms with Crippen molar-refractivity contribution in [2.75, 3.05) is 19.6 Å². The summed E-state index contributed by atoms with van der Waals surface area (Å²) in [6.45, 7) is 19.6. The lowest BCUT2D eigenvalue weighted by Crippen LogP contribution is -2.47. The van der Waals surface area contributed by atoms with Gasteiger partial charge in [-0.15, -0.1) is 0 Å². The Balaban J connectivity index is 1.54. The van der Waals surface area contributed by atoms with E-state index in [2.05, 4.69) is 105 Å².